The minimum Gasteiger partial charge on any atom is -0.453 e. The molecule has 1 N–H and O–H groups in total. The number of hydrogen-bond donors (Lipinski definition) is 1. The number of hydrogen-bond acceptors (Lipinski definition) is 4. The van der Waals surface area contributed by atoms with Gasteiger partial charge in [-0.15, -0.1) is 0 Å². The first-order chi connectivity index (χ1) is 16.7. The van der Waals surface area contributed by atoms with Crippen LogP contribution < -0.4 is 15.6 Å². The Morgan fingerprint density at radius 2 is 1.74 bits per heavy atom. The highest BCUT2D eigenvalue weighted by Gasteiger charge is 2.23. The number of benzene rings is 2. The molecule has 8 heteroatoms. The third-order valence-corrected chi connectivity index (χ3v) is 6.00. The number of nitrogens with one attached hydrogen (secondary N) is 1. The number of amides is 1. The van der Waals surface area contributed by atoms with E-state index < -0.39 is 22.9 Å². The first-order valence-electron chi connectivity index (χ1n) is 12.0. The van der Waals surface area contributed by atoms with Gasteiger partial charge in [0.25, 0.3) is 0 Å². The molecule has 2 aromatic carbocycles. The molecule has 0 aliphatic heterocycles. The molecule has 0 aliphatic rings. The number of rotatable bonds is 10. The molecular weight excluding hydrogens is 457 g/mol. The summed E-state index contributed by atoms with van der Waals surface area (Å²) < 4.78 is 50.6. The number of carbonyl (C=O) groups is 1. The second-order valence-electron chi connectivity index (χ2n) is 8.63. The van der Waals surface area contributed by atoms with E-state index in [0.717, 1.165) is 37.8 Å². The van der Waals surface area contributed by atoms with Crippen molar-refractivity contribution in [1.29, 1.82) is 0 Å². The van der Waals surface area contributed by atoms with Gasteiger partial charge in [-0.1, -0.05) is 33.1 Å². The van der Waals surface area contributed by atoms with Crippen molar-refractivity contribution < 1.29 is 22.4 Å². The summed E-state index contributed by atoms with van der Waals surface area (Å²) in [6, 6.07) is 5.17. The maximum atomic E-state index is 15.0. The van der Waals surface area contributed by atoms with E-state index in [-0.39, 0.29) is 45.1 Å². The highest BCUT2D eigenvalue weighted by Crippen LogP contribution is 2.34. The summed E-state index contributed by atoms with van der Waals surface area (Å²) in [5.41, 5.74) is -1.09. The van der Waals surface area contributed by atoms with Crippen LogP contribution >= 0.6 is 0 Å². The van der Waals surface area contributed by atoms with Crippen LogP contribution in [0.5, 0.6) is 0 Å². The molecule has 0 saturated heterocycles. The molecule has 0 atom stereocenters. The van der Waals surface area contributed by atoms with E-state index in [1.54, 1.807) is 0 Å². The van der Waals surface area contributed by atoms with E-state index in [9.17, 15) is 18.4 Å². The monoisotopic (exact) mass is 488 g/mol. The molecule has 0 aliphatic carbocycles. The van der Waals surface area contributed by atoms with Crippen LogP contribution in [0.15, 0.2) is 33.5 Å². The highest BCUT2D eigenvalue weighted by molar-refractivity contribution is 5.93. The van der Waals surface area contributed by atoms with Gasteiger partial charge >= 0.3 is 0 Å². The van der Waals surface area contributed by atoms with E-state index in [2.05, 4.69) is 5.32 Å². The molecule has 0 radical (unpaired) electrons. The lowest BCUT2D eigenvalue weighted by atomic mass is 10.1. The van der Waals surface area contributed by atoms with Crippen molar-refractivity contribution >= 4 is 28.3 Å². The lowest BCUT2D eigenvalue weighted by molar-refractivity contribution is -0.116. The zero-order valence-electron chi connectivity index (χ0n) is 20.6. The maximum Gasteiger partial charge on any atom is 0.223 e. The van der Waals surface area contributed by atoms with Gasteiger partial charge in [-0.05, 0) is 38.0 Å². The van der Waals surface area contributed by atoms with Crippen molar-refractivity contribution in [3.8, 4) is 11.3 Å². The molecule has 3 rings (SSSR count). The summed E-state index contributed by atoms with van der Waals surface area (Å²) in [5, 5.41) is 2.70. The number of fused-ring (bicyclic) bond motifs is 1. The number of unbranched alkanes of at least 4 members (excludes halogenated alkanes) is 3. The zero-order valence-corrected chi connectivity index (χ0v) is 20.6. The van der Waals surface area contributed by atoms with Crippen LogP contribution in [-0.4, -0.2) is 19.0 Å². The van der Waals surface area contributed by atoms with Gasteiger partial charge in [-0.25, -0.2) is 13.2 Å². The van der Waals surface area contributed by atoms with Crippen molar-refractivity contribution in [2.75, 3.05) is 23.3 Å². The molecule has 188 valence electrons. The zero-order chi connectivity index (χ0) is 25.7. The maximum absolute atomic E-state index is 15.0. The second-order valence-corrected chi connectivity index (χ2v) is 8.63. The Kier molecular flexibility index (Phi) is 8.59. The summed E-state index contributed by atoms with van der Waals surface area (Å²) in [6.45, 7) is 7.43. The van der Waals surface area contributed by atoms with Gasteiger partial charge < -0.3 is 14.6 Å². The fourth-order valence-corrected chi connectivity index (χ4v) is 3.99. The summed E-state index contributed by atoms with van der Waals surface area (Å²) in [6.07, 6.45) is 4.21. The Morgan fingerprint density at radius 1 is 1.03 bits per heavy atom. The van der Waals surface area contributed by atoms with Gasteiger partial charge in [-0.3, -0.25) is 9.59 Å². The Hall–Kier alpha value is -3.29. The van der Waals surface area contributed by atoms with Gasteiger partial charge in [0.05, 0.1) is 16.8 Å². The highest BCUT2D eigenvalue weighted by atomic mass is 19.1. The fourth-order valence-electron chi connectivity index (χ4n) is 3.99. The topological polar surface area (TPSA) is 62.6 Å². The molecule has 0 unspecified atom stereocenters. The van der Waals surface area contributed by atoms with Gasteiger partial charge in [0.2, 0.25) is 5.91 Å². The number of halogens is 3. The number of carbonyl (C=O) groups excluding carboxylic acids is 1. The van der Waals surface area contributed by atoms with E-state index in [4.69, 9.17) is 4.42 Å². The van der Waals surface area contributed by atoms with Crippen molar-refractivity contribution in [3.63, 3.8) is 0 Å². The second kappa shape index (κ2) is 11.4. The van der Waals surface area contributed by atoms with E-state index in [1.807, 2.05) is 13.8 Å². The predicted octanol–water partition coefficient (Wildman–Crippen LogP) is 6.94. The van der Waals surface area contributed by atoms with E-state index in [1.165, 1.54) is 30.9 Å². The third kappa shape index (κ3) is 5.52. The minimum atomic E-state index is -0.977. The number of nitrogens with zero attached hydrogens (tertiary/aromatic N) is 1. The standard InChI is InChI=1S/C27H31F3N2O3/c1-5-7-9-12-31-26-23-21(34)15-22(35-27(23)25(30)16(3)24(26)29)18-10-11-20(19(28)14-18)32(17(4)33)13-8-6-2/h10-11,14-15,31H,5-9,12-13H2,1-4H3. The van der Waals surface area contributed by atoms with Crippen LogP contribution in [-0.2, 0) is 4.79 Å². The third-order valence-electron chi connectivity index (χ3n) is 6.00. The molecule has 0 saturated carbocycles. The Balaban J connectivity index is 2.08. The molecule has 0 fully saturated rings. The smallest absolute Gasteiger partial charge is 0.223 e. The van der Waals surface area contributed by atoms with Crippen molar-refractivity contribution in [2.45, 2.75) is 59.8 Å². The molecule has 0 spiro atoms. The Bertz CT molecular complexity index is 1290. The molecule has 35 heavy (non-hydrogen) atoms. The van der Waals surface area contributed by atoms with Crippen molar-refractivity contribution in [3.05, 3.63) is 57.5 Å². The quantitative estimate of drug-likeness (QED) is 0.314. The lowest BCUT2D eigenvalue weighted by Crippen LogP contribution is -2.30. The average molecular weight is 489 g/mol. The largest absolute Gasteiger partial charge is 0.453 e. The first kappa shape index (κ1) is 26.3. The average Bonchev–Trinajstić information content (AvgIpc) is 2.83. The molecule has 1 amide bonds. The summed E-state index contributed by atoms with van der Waals surface area (Å²) >= 11 is 0. The molecule has 5 nitrogen and oxygen atoms in total. The van der Waals surface area contributed by atoms with Crippen LogP contribution in [0.1, 0.15) is 58.4 Å². The molecular formula is C27H31F3N2O3. The lowest BCUT2D eigenvalue weighted by Gasteiger charge is -2.22. The van der Waals surface area contributed by atoms with Crippen LogP contribution in [0.2, 0.25) is 0 Å². The molecule has 1 aromatic heterocycles. The van der Waals surface area contributed by atoms with Crippen molar-refractivity contribution in [2.24, 2.45) is 0 Å². The van der Waals surface area contributed by atoms with E-state index in [0.29, 0.717) is 19.5 Å². The number of anilines is 2. The molecule has 3 aromatic rings. The van der Waals surface area contributed by atoms with Crippen LogP contribution in [0.4, 0.5) is 24.5 Å². The Labute approximate surface area is 202 Å². The SMILES string of the molecule is CCCCCNc1c(F)c(C)c(F)c2oc(-c3ccc(N(CCCC)C(C)=O)c(F)c3)cc(=O)c12. The summed E-state index contributed by atoms with van der Waals surface area (Å²) in [5.74, 6) is -2.84. The van der Waals surface area contributed by atoms with Gasteiger partial charge in [-0.2, -0.15) is 0 Å². The first-order valence-corrected chi connectivity index (χ1v) is 12.0. The van der Waals surface area contributed by atoms with Crippen molar-refractivity contribution in [1.82, 2.24) is 0 Å². The van der Waals surface area contributed by atoms with Crippen LogP contribution in [0, 0.1) is 24.4 Å². The van der Waals surface area contributed by atoms with Gasteiger partial charge in [0, 0.05) is 37.2 Å². The van der Waals surface area contributed by atoms with Crippen LogP contribution in [0.25, 0.3) is 22.3 Å². The summed E-state index contributed by atoms with van der Waals surface area (Å²) in [7, 11) is 0. The van der Waals surface area contributed by atoms with Gasteiger partial charge in [0.15, 0.2) is 22.6 Å². The minimum absolute atomic E-state index is 0.0577. The fraction of sp³-hybridized carbons (Fsp3) is 0.407. The summed E-state index contributed by atoms with van der Waals surface area (Å²) in [4.78, 5) is 26.3. The molecule has 1 heterocycles. The van der Waals surface area contributed by atoms with Crippen LogP contribution in [0.3, 0.4) is 0 Å². The normalized spacial score (nSPS) is 11.2. The predicted molar refractivity (Wildman–Crippen MR) is 133 cm³/mol. The Morgan fingerprint density at radius 3 is 2.37 bits per heavy atom. The molecule has 0 bridgehead atoms. The van der Waals surface area contributed by atoms with E-state index >= 15 is 4.39 Å². The van der Waals surface area contributed by atoms with Gasteiger partial charge in [0.1, 0.15) is 11.6 Å².